The standard InChI is InChI=1S/C20H23NOS.ClH/c1-21(2)14-16-10-11-23-20-9-4-3-8-18(20)19(16)13-15-6-5-7-17(22)12-15;/h3-9,12-13,16,22H,10-11,14H2,1-2H3;1H. The van der Waals surface area contributed by atoms with E-state index in [9.17, 15) is 5.11 Å². The highest BCUT2D eigenvalue weighted by Crippen LogP contribution is 2.40. The normalized spacial score (nSPS) is 18.8. The molecule has 2 aromatic rings. The molecule has 0 aliphatic carbocycles. The van der Waals surface area contributed by atoms with E-state index in [1.165, 1.54) is 22.5 Å². The molecular weight excluding hydrogens is 338 g/mol. The van der Waals surface area contributed by atoms with Gasteiger partial charge in [0.2, 0.25) is 0 Å². The van der Waals surface area contributed by atoms with Gasteiger partial charge in [0.1, 0.15) is 5.75 Å². The summed E-state index contributed by atoms with van der Waals surface area (Å²) in [5.41, 5.74) is 3.78. The Morgan fingerprint density at radius 3 is 2.71 bits per heavy atom. The number of benzene rings is 2. The molecule has 0 saturated heterocycles. The van der Waals surface area contributed by atoms with Crippen molar-refractivity contribution in [1.29, 1.82) is 0 Å². The molecule has 2 nitrogen and oxygen atoms in total. The van der Waals surface area contributed by atoms with Gasteiger partial charge in [-0.2, -0.15) is 0 Å². The molecule has 0 aromatic heterocycles. The van der Waals surface area contributed by atoms with Gasteiger partial charge in [-0.15, -0.1) is 24.2 Å². The van der Waals surface area contributed by atoms with Crippen molar-refractivity contribution in [3.8, 4) is 5.75 Å². The number of phenols is 1. The van der Waals surface area contributed by atoms with E-state index in [1.54, 1.807) is 6.07 Å². The van der Waals surface area contributed by atoms with Gasteiger partial charge < -0.3 is 10.0 Å². The number of aromatic hydroxyl groups is 1. The molecule has 0 saturated carbocycles. The number of halogens is 1. The van der Waals surface area contributed by atoms with E-state index in [0.29, 0.717) is 11.7 Å². The summed E-state index contributed by atoms with van der Waals surface area (Å²) in [6.07, 6.45) is 3.42. The van der Waals surface area contributed by atoms with Crippen LogP contribution in [0.5, 0.6) is 5.75 Å². The fourth-order valence-electron chi connectivity index (χ4n) is 3.14. The van der Waals surface area contributed by atoms with Gasteiger partial charge >= 0.3 is 0 Å². The van der Waals surface area contributed by atoms with Crippen molar-refractivity contribution >= 4 is 35.8 Å². The Labute approximate surface area is 155 Å². The van der Waals surface area contributed by atoms with Gasteiger partial charge in [-0.25, -0.2) is 0 Å². The Morgan fingerprint density at radius 1 is 1.17 bits per heavy atom. The second kappa shape index (κ2) is 8.61. The molecule has 0 amide bonds. The Hall–Kier alpha value is -1.42. The van der Waals surface area contributed by atoms with Gasteiger partial charge in [0.15, 0.2) is 0 Å². The smallest absolute Gasteiger partial charge is 0.116 e. The monoisotopic (exact) mass is 361 g/mol. The number of fused-ring (bicyclic) bond motifs is 1. The van der Waals surface area contributed by atoms with Gasteiger partial charge in [0.05, 0.1) is 0 Å². The average molecular weight is 362 g/mol. The first-order chi connectivity index (χ1) is 11.1. The molecule has 4 heteroatoms. The summed E-state index contributed by atoms with van der Waals surface area (Å²) in [6, 6.07) is 16.2. The highest BCUT2D eigenvalue weighted by atomic mass is 35.5. The molecule has 1 unspecified atom stereocenters. The van der Waals surface area contributed by atoms with Gasteiger partial charge in [0, 0.05) is 11.4 Å². The van der Waals surface area contributed by atoms with Crippen LogP contribution >= 0.6 is 24.2 Å². The van der Waals surface area contributed by atoms with Crippen LogP contribution < -0.4 is 0 Å². The second-order valence-electron chi connectivity index (χ2n) is 6.29. The molecule has 128 valence electrons. The van der Waals surface area contributed by atoms with E-state index in [2.05, 4.69) is 55.4 Å². The first kappa shape index (κ1) is 18.9. The third kappa shape index (κ3) is 4.56. The Balaban J connectivity index is 0.00000208. The van der Waals surface area contributed by atoms with Gasteiger partial charge in [-0.05, 0) is 67.1 Å². The predicted molar refractivity (Wildman–Crippen MR) is 107 cm³/mol. The van der Waals surface area contributed by atoms with E-state index in [4.69, 9.17) is 0 Å². The van der Waals surface area contributed by atoms with E-state index < -0.39 is 0 Å². The molecule has 2 aromatic carbocycles. The molecule has 1 N–H and O–H groups in total. The lowest BCUT2D eigenvalue weighted by Crippen LogP contribution is -2.22. The Bertz CT molecular complexity index is 714. The average Bonchev–Trinajstić information content (AvgIpc) is 2.67. The third-order valence-corrected chi connectivity index (χ3v) is 5.25. The highest BCUT2D eigenvalue weighted by Gasteiger charge is 2.22. The minimum atomic E-state index is 0. The minimum Gasteiger partial charge on any atom is -0.508 e. The molecule has 0 radical (unpaired) electrons. The van der Waals surface area contributed by atoms with E-state index in [0.717, 1.165) is 17.9 Å². The molecule has 0 fully saturated rings. The van der Waals surface area contributed by atoms with Crippen molar-refractivity contribution in [3.63, 3.8) is 0 Å². The van der Waals surface area contributed by atoms with Crippen molar-refractivity contribution < 1.29 is 5.11 Å². The SMILES string of the molecule is CN(C)CC1CCSc2ccccc2C1=Cc1cccc(O)c1.Cl. The lowest BCUT2D eigenvalue weighted by Gasteiger charge is -2.23. The number of rotatable bonds is 3. The first-order valence-electron chi connectivity index (χ1n) is 8.01. The van der Waals surface area contributed by atoms with Crippen LogP contribution in [0.25, 0.3) is 11.6 Å². The molecule has 0 spiro atoms. The van der Waals surface area contributed by atoms with Crippen LogP contribution in [0.2, 0.25) is 0 Å². The summed E-state index contributed by atoms with van der Waals surface area (Å²) in [6.45, 7) is 1.04. The maximum atomic E-state index is 9.76. The molecule has 1 aliphatic heterocycles. The summed E-state index contributed by atoms with van der Waals surface area (Å²) in [5, 5.41) is 9.76. The quantitative estimate of drug-likeness (QED) is 0.829. The molecular formula is C20H24ClNOS. The van der Waals surface area contributed by atoms with Gasteiger partial charge in [-0.3, -0.25) is 0 Å². The number of nitrogens with zero attached hydrogens (tertiary/aromatic N) is 1. The Kier molecular flexibility index (Phi) is 6.79. The summed E-state index contributed by atoms with van der Waals surface area (Å²) in [4.78, 5) is 3.62. The second-order valence-corrected chi connectivity index (χ2v) is 7.42. The lowest BCUT2D eigenvalue weighted by molar-refractivity contribution is 0.361. The van der Waals surface area contributed by atoms with Crippen molar-refractivity contribution in [3.05, 3.63) is 59.7 Å². The van der Waals surface area contributed by atoms with Crippen LogP contribution in [0, 0.1) is 5.92 Å². The molecule has 24 heavy (non-hydrogen) atoms. The molecule has 1 aliphatic rings. The molecule has 1 atom stereocenters. The topological polar surface area (TPSA) is 23.5 Å². The van der Waals surface area contributed by atoms with Gasteiger partial charge in [0.25, 0.3) is 0 Å². The fraction of sp³-hybridized carbons (Fsp3) is 0.300. The van der Waals surface area contributed by atoms with Crippen LogP contribution in [0.4, 0.5) is 0 Å². The van der Waals surface area contributed by atoms with Crippen LogP contribution in [0.15, 0.2) is 53.4 Å². The summed E-state index contributed by atoms with van der Waals surface area (Å²) in [7, 11) is 4.27. The zero-order valence-corrected chi connectivity index (χ0v) is 15.7. The zero-order chi connectivity index (χ0) is 16.2. The number of hydrogen-bond acceptors (Lipinski definition) is 3. The maximum absolute atomic E-state index is 9.76. The van der Waals surface area contributed by atoms with Crippen LogP contribution in [0.3, 0.4) is 0 Å². The first-order valence-corrected chi connectivity index (χ1v) is 8.99. The number of thioether (sulfide) groups is 1. The largest absolute Gasteiger partial charge is 0.508 e. The Morgan fingerprint density at radius 2 is 1.96 bits per heavy atom. The molecule has 3 rings (SSSR count). The number of hydrogen-bond donors (Lipinski definition) is 1. The van der Waals surface area contributed by atoms with Crippen molar-refractivity contribution in [2.75, 3.05) is 26.4 Å². The van der Waals surface area contributed by atoms with Crippen LogP contribution in [-0.2, 0) is 0 Å². The van der Waals surface area contributed by atoms with Gasteiger partial charge in [-0.1, -0.05) is 36.4 Å². The molecule has 1 heterocycles. The van der Waals surface area contributed by atoms with Crippen molar-refractivity contribution in [2.45, 2.75) is 11.3 Å². The summed E-state index contributed by atoms with van der Waals surface area (Å²) >= 11 is 1.95. The van der Waals surface area contributed by atoms with Crippen molar-refractivity contribution in [1.82, 2.24) is 4.90 Å². The zero-order valence-electron chi connectivity index (χ0n) is 14.1. The third-order valence-electron chi connectivity index (χ3n) is 4.14. The molecule has 0 bridgehead atoms. The van der Waals surface area contributed by atoms with Crippen LogP contribution in [0.1, 0.15) is 17.5 Å². The van der Waals surface area contributed by atoms with Crippen LogP contribution in [-0.4, -0.2) is 36.4 Å². The number of phenolic OH excluding ortho intramolecular Hbond substituents is 1. The maximum Gasteiger partial charge on any atom is 0.116 e. The summed E-state index contributed by atoms with van der Waals surface area (Å²) < 4.78 is 0. The van der Waals surface area contributed by atoms with E-state index in [1.807, 2.05) is 23.9 Å². The highest BCUT2D eigenvalue weighted by molar-refractivity contribution is 7.99. The van der Waals surface area contributed by atoms with E-state index >= 15 is 0 Å². The fourth-order valence-corrected chi connectivity index (χ4v) is 4.28. The minimum absolute atomic E-state index is 0. The van der Waals surface area contributed by atoms with Crippen molar-refractivity contribution in [2.24, 2.45) is 5.92 Å². The predicted octanol–water partition coefficient (Wildman–Crippen LogP) is 5.03. The lowest BCUT2D eigenvalue weighted by atomic mass is 9.88. The summed E-state index contributed by atoms with van der Waals surface area (Å²) in [5.74, 6) is 1.97. The van der Waals surface area contributed by atoms with E-state index in [-0.39, 0.29) is 12.4 Å².